The first-order valence-corrected chi connectivity index (χ1v) is 5.38. The summed E-state index contributed by atoms with van der Waals surface area (Å²) < 4.78 is 0. The minimum atomic E-state index is -1.30. The van der Waals surface area contributed by atoms with Crippen molar-refractivity contribution in [3.63, 3.8) is 0 Å². The molecule has 5 nitrogen and oxygen atoms in total. The molecule has 0 aliphatic rings. The lowest BCUT2D eigenvalue weighted by Gasteiger charge is -2.20. The fourth-order valence-corrected chi connectivity index (χ4v) is 1.14. The van der Waals surface area contributed by atoms with Crippen LogP contribution in [0, 0.1) is 6.92 Å². The van der Waals surface area contributed by atoms with Crippen LogP contribution in [0.25, 0.3) is 0 Å². The van der Waals surface area contributed by atoms with Crippen LogP contribution in [0.3, 0.4) is 0 Å². The molecule has 0 fully saturated rings. The van der Waals surface area contributed by atoms with Crippen molar-refractivity contribution in [2.45, 2.75) is 19.4 Å². The van der Waals surface area contributed by atoms with E-state index >= 15 is 0 Å². The predicted octanol–water partition coefficient (Wildman–Crippen LogP) is 0.860. The lowest BCUT2D eigenvalue weighted by atomic mass is 10.1. The summed E-state index contributed by atoms with van der Waals surface area (Å²) in [6.45, 7) is 2.99. The minimum absolute atomic E-state index is 0.0127. The lowest BCUT2D eigenvalue weighted by Crippen LogP contribution is -2.44. The van der Waals surface area contributed by atoms with Crippen molar-refractivity contribution in [1.29, 1.82) is 0 Å². The number of carbonyl (C=O) groups is 1. The molecule has 1 aromatic rings. The summed E-state index contributed by atoms with van der Waals surface area (Å²) >= 11 is 0. The topological polar surface area (TPSA) is 81.6 Å². The van der Waals surface area contributed by atoms with Crippen molar-refractivity contribution in [2.75, 3.05) is 18.5 Å². The van der Waals surface area contributed by atoms with Gasteiger partial charge >= 0.3 is 6.03 Å². The molecule has 0 aromatic heterocycles. The van der Waals surface area contributed by atoms with Gasteiger partial charge in [-0.1, -0.05) is 17.7 Å². The van der Waals surface area contributed by atoms with Crippen LogP contribution in [0.2, 0.25) is 0 Å². The maximum Gasteiger partial charge on any atom is 0.319 e. The molecule has 0 saturated carbocycles. The molecule has 5 heteroatoms. The summed E-state index contributed by atoms with van der Waals surface area (Å²) in [6.07, 6.45) is 0. The zero-order valence-corrected chi connectivity index (χ0v) is 10.0. The van der Waals surface area contributed by atoms with Crippen LogP contribution >= 0.6 is 0 Å². The van der Waals surface area contributed by atoms with Gasteiger partial charge in [0.1, 0.15) is 5.60 Å². The van der Waals surface area contributed by atoms with Crippen LogP contribution in [0.4, 0.5) is 10.5 Å². The maximum absolute atomic E-state index is 11.4. The third kappa shape index (κ3) is 4.84. The standard InChI is InChI=1S/C12H18N2O3/c1-9-3-5-10(6-4-9)14-11(16)13-7-12(2,17)8-15/h3-6,15,17H,7-8H2,1-2H3,(H2,13,14,16). The second kappa shape index (κ2) is 5.65. The number of benzene rings is 1. The SMILES string of the molecule is Cc1ccc(NC(=O)NCC(C)(O)CO)cc1. The van der Waals surface area contributed by atoms with E-state index in [0.717, 1.165) is 5.56 Å². The normalized spacial score (nSPS) is 13.9. The fraction of sp³-hybridized carbons (Fsp3) is 0.417. The number of aliphatic hydroxyl groups excluding tert-OH is 1. The molecule has 0 spiro atoms. The third-order valence-electron chi connectivity index (χ3n) is 2.28. The Bertz CT molecular complexity index is 374. The second-order valence-corrected chi connectivity index (χ2v) is 4.33. The third-order valence-corrected chi connectivity index (χ3v) is 2.28. The average molecular weight is 238 g/mol. The molecule has 0 bridgehead atoms. The molecule has 0 saturated heterocycles. The van der Waals surface area contributed by atoms with Gasteiger partial charge in [-0.2, -0.15) is 0 Å². The summed E-state index contributed by atoms with van der Waals surface area (Å²) in [7, 11) is 0. The minimum Gasteiger partial charge on any atom is -0.393 e. The Kier molecular flexibility index (Phi) is 4.48. The number of nitrogens with one attached hydrogen (secondary N) is 2. The molecule has 1 rings (SSSR count). The number of rotatable bonds is 4. The highest BCUT2D eigenvalue weighted by molar-refractivity contribution is 5.89. The monoisotopic (exact) mass is 238 g/mol. The molecule has 0 radical (unpaired) electrons. The quantitative estimate of drug-likeness (QED) is 0.628. The number of amides is 2. The van der Waals surface area contributed by atoms with Crippen LogP contribution in [-0.2, 0) is 0 Å². The van der Waals surface area contributed by atoms with Crippen molar-refractivity contribution in [3.8, 4) is 0 Å². The predicted molar refractivity (Wildman–Crippen MR) is 65.9 cm³/mol. The van der Waals surface area contributed by atoms with Gasteiger partial charge in [0, 0.05) is 5.69 Å². The van der Waals surface area contributed by atoms with Gasteiger partial charge in [-0.25, -0.2) is 4.79 Å². The largest absolute Gasteiger partial charge is 0.393 e. The maximum atomic E-state index is 11.4. The number of aliphatic hydroxyl groups is 2. The van der Waals surface area contributed by atoms with Gasteiger partial charge in [-0.15, -0.1) is 0 Å². The second-order valence-electron chi connectivity index (χ2n) is 4.33. The lowest BCUT2D eigenvalue weighted by molar-refractivity contribution is 0.00514. The van der Waals surface area contributed by atoms with Crippen molar-refractivity contribution >= 4 is 11.7 Å². The first kappa shape index (κ1) is 13.5. The summed E-state index contributed by atoms with van der Waals surface area (Å²) in [5.74, 6) is 0. The Morgan fingerprint density at radius 3 is 2.47 bits per heavy atom. The van der Waals surface area contributed by atoms with Crippen LogP contribution in [0.15, 0.2) is 24.3 Å². The molecular formula is C12H18N2O3. The van der Waals surface area contributed by atoms with E-state index in [1.807, 2.05) is 19.1 Å². The molecule has 0 aliphatic carbocycles. The van der Waals surface area contributed by atoms with E-state index < -0.39 is 18.2 Å². The van der Waals surface area contributed by atoms with E-state index in [4.69, 9.17) is 5.11 Å². The van der Waals surface area contributed by atoms with Gasteiger partial charge in [0.15, 0.2) is 0 Å². The first-order chi connectivity index (χ1) is 7.93. The van der Waals surface area contributed by atoms with Gasteiger partial charge in [-0.05, 0) is 26.0 Å². The van der Waals surface area contributed by atoms with Crippen LogP contribution in [-0.4, -0.2) is 35.0 Å². The van der Waals surface area contributed by atoms with Crippen LogP contribution in [0.5, 0.6) is 0 Å². The first-order valence-electron chi connectivity index (χ1n) is 5.38. The molecular weight excluding hydrogens is 220 g/mol. The number of hydrogen-bond acceptors (Lipinski definition) is 3. The number of aryl methyl sites for hydroxylation is 1. The summed E-state index contributed by atoms with van der Waals surface area (Å²) in [6, 6.07) is 6.94. The highest BCUT2D eigenvalue weighted by Gasteiger charge is 2.19. The molecule has 4 N–H and O–H groups in total. The van der Waals surface area contributed by atoms with Crippen molar-refractivity contribution < 1.29 is 15.0 Å². The molecule has 1 unspecified atom stereocenters. The van der Waals surface area contributed by atoms with Gasteiger partial charge in [0.2, 0.25) is 0 Å². The molecule has 1 aromatic carbocycles. The molecule has 94 valence electrons. The zero-order chi connectivity index (χ0) is 12.9. The Morgan fingerprint density at radius 1 is 1.35 bits per heavy atom. The highest BCUT2D eigenvalue weighted by Crippen LogP contribution is 2.08. The Balaban J connectivity index is 2.42. The fourth-order valence-electron chi connectivity index (χ4n) is 1.14. The van der Waals surface area contributed by atoms with E-state index in [1.54, 1.807) is 12.1 Å². The molecule has 1 atom stereocenters. The smallest absolute Gasteiger partial charge is 0.319 e. The Labute approximate surface area is 100 Å². The van der Waals surface area contributed by atoms with E-state index in [0.29, 0.717) is 5.69 Å². The molecule has 17 heavy (non-hydrogen) atoms. The Morgan fingerprint density at radius 2 is 1.94 bits per heavy atom. The summed E-state index contributed by atoms with van der Waals surface area (Å²) in [4.78, 5) is 11.4. The van der Waals surface area contributed by atoms with Gasteiger partial charge in [-0.3, -0.25) is 0 Å². The molecule has 0 heterocycles. The number of hydrogen-bond donors (Lipinski definition) is 4. The average Bonchev–Trinajstić information content (AvgIpc) is 2.30. The molecule has 2 amide bonds. The van der Waals surface area contributed by atoms with Crippen molar-refractivity contribution in [2.24, 2.45) is 0 Å². The number of urea groups is 1. The van der Waals surface area contributed by atoms with Gasteiger partial charge < -0.3 is 20.8 Å². The Hall–Kier alpha value is -1.59. The number of carbonyl (C=O) groups excluding carboxylic acids is 1. The van der Waals surface area contributed by atoms with Crippen molar-refractivity contribution in [1.82, 2.24) is 5.32 Å². The number of anilines is 1. The molecule has 0 aliphatic heterocycles. The summed E-state index contributed by atoms with van der Waals surface area (Å²) in [5, 5.41) is 23.4. The van der Waals surface area contributed by atoms with E-state index in [2.05, 4.69) is 10.6 Å². The summed E-state index contributed by atoms with van der Waals surface area (Å²) in [5.41, 5.74) is 0.487. The van der Waals surface area contributed by atoms with E-state index in [1.165, 1.54) is 6.92 Å². The van der Waals surface area contributed by atoms with Gasteiger partial charge in [0.25, 0.3) is 0 Å². The van der Waals surface area contributed by atoms with E-state index in [9.17, 15) is 9.90 Å². The van der Waals surface area contributed by atoms with Crippen LogP contribution in [0.1, 0.15) is 12.5 Å². The highest BCUT2D eigenvalue weighted by atomic mass is 16.3. The van der Waals surface area contributed by atoms with Crippen molar-refractivity contribution in [3.05, 3.63) is 29.8 Å². The zero-order valence-electron chi connectivity index (χ0n) is 10.0. The van der Waals surface area contributed by atoms with Gasteiger partial charge in [0.05, 0.1) is 13.2 Å². The van der Waals surface area contributed by atoms with E-state index in [-0.39, 0.29) is 6.54 Å². The van der Waals surface area contributed by atoms with Crippen LogP contribution < -0.4 is 10.6 Å².